The molecule has 8 heteroatoms. The Morgan fingerprint density at radius 3 is 2.70 bits per heavy atom. The molecule has 1 aliphatic rings. The standard InChI is InChI=1S/C19H29N3O5/c1-19(2,3)27-18(24)20-14-12-26-16-8-7-13(25-10-9-21(4)5)11-15(16)22(6)17(14)23/h7-8,11,14H,9-10,12H2,1-6H3,(H,20,24)/t14-/m0/s1. The van der Waals surface area contributed by atoms with Gasteiger partial charge in [0, 0.05) is 19.7 Å². The molecule has 0 saturated carbocycles. The van der Waals surface area contributed by atoms with Crippen molar-refractivity contribution in [3.05, 3.63) is 18.2 Å². The average molecular weight is 379 g/mol. The number of carbonyl (C=O) groups is 2. The molecule has 0 unspecified atom stereocenters. The van der Waals surface area contributed by atoms with Crippen LogP contribution in [0.15, 0.2) is 18.2 Å². The number of nitrogens with one attached hydrogen (secondary N) is 1. The van der Waals surface area contributed by atoms with Crippen LogP contribution in [0, 0.1) is 0 Å². The lowest BCUT2D eigenvalue weighted by Crippen LogP contribution is -2.50. The number of likely N-dealkylation sites (N-methyl/N-ethyl adjacent to an activating group) is 2. The summed E-state index contributed by atoms with van der Waals surface area (Å²) in [4.78, 5) is 28.2. The lowest BCUT2D eigenvalue weighted by molar-refractivity contribution is -0.120. The van der Waals surface area contributed by atoms with Crippen LogP contribution in [0.2, 0.25) is 0 Å². The molecule has 1 aromatic carbocycles. The molecular formula is C19H29N3O5. The minimum atomic E-state index is -0.838. The van der Waals surface area contributed by atoms with E-state index in [0.717, 1.165) is 6.54 Å². The van der Waals surface area contributed by atoms with Crippen molar-refractivity contribution in [3.8, 4) is 11.5 Å². The number of amides is 2. The Bertz CT molecular complexity index is 684. The summed E-state index contributed by atoms with van der Waals surface area (Å²) < 4.78 is 16.7. The second-order valence-electron chi connectivity index (χ2n) is 7.69. The van der Waals surface area contributed by atoms with Gasteiger partial charge in [0.25, 0.3) is 5.91 Å². The van der Waals surface area contributed by atoms with E-state index in [9.17, 15) is 9.59 Å². The molecule has 2 rings (SSSR count). The first-order valence-electron chi connectivity index (χ1n) is 8.88. The fraction of sp³-hybridized carbons (Fsp3) is 0.579. The molecule has 1 aromatic rings. The summed E-state index contributed by atoms with van der Waals surface area (Å²) in [5.74, 6) is 0.918. The second kappa shape index (κ2) is 8.47. The van der Waals surface area contributed by atoms with Gasteiger partial charge in [-0.2, -0.15) is 0 Å². The van der Waals surface area contributed by atoms with Gasteiger partial charge in [-0.05, 0) is 47.0 Å². The van der Waals surface area contributed by atoms with Crippen LogP contribution in [0.25, 0.3) is 0 Å². The molecule has 150 valence electrons. The third-order valence-corrected chi connectivity index (χ3v) is 3.82. The van der Waals surface area contributed by atoms with Crippen LogP contribution >= 0.6 is 0 Å². The number of hydrogen-bond donors (Lipinski definition) is 1. The van der Waals surface area contributed by atoms with Crippen molar-refractivity contribution in [2.24, 2.45) is 0 Å². The van der Waals surface area contributed by atoms with E-state index in [-0.39, 0.29) is 12.5 Å². The monoisotopic (exact) mass is 379 g/mol. The molecule has 1 aliphatic heterocycles. The van der Waals surface area contributed by atoms with Gasteiger partial charge in [-0.3, -0.25) is 4.79 Å². The molecule has 1 atom stereocenters. The number of ether oxygens (including phenoxy) is 3. The number of fused-ring (bicyclic) bond motifs is 1. The fourth-order valence-corrected chi connectivity index (χ4v) is 2.47. The van der Waals surface area contributed by atoms with E-state index in [1.54, 1.807) is 46.0 Å². The van der Waals surface area contributed by atoms with Crippen LogP contribution < -0.4 is 19.7 Å². The van der Waals surface area contributed by atoms with Crippen LogP contribution in [0.5, 0.6) is 11.5 Å². The molecule has 0 fully saturated rings. The van der Waals surface area contributed by atoms with Crippen LogP contribution in [0.1, 0.15) is 20.8 Å². The van der Waals surface area contributed by atoms with E-state index in [4.69, 9.17) is 14.2 Å². The highest BCUT2D eigenvalue weighted by Gasteiger charge is 2.32. The van der Waals surface area contributed by atoms with Crippen molar-refractivity contribution in [1.82, 2.24) is 10.2 Å². The number of alkyl carbamates (subject to hydrolysis) is 1. The lowest BCUT2D eigenvalue weighted by Gasteiger charge is -2.23. The summed E-state index contributed by atoms with van der Waals surface area (Å²) in [5.41, 5.74) is -0.0531. The first kappa shape index (κ1) is 20.8. The second-order valence-corrected chi connectivity index (χ2v) is 7.69. The summed E-state index contributed by atoms with van der Waals surface area (Å²) in [7, 11) is 5.58. The highest BCUT2D eigenvalue weighted by Crippen LogP contribution is 2.34. The molecule has 0 radical (unpaired) electrons. The maximum Gasteiger partial charge on any atom is 0.408 e. The van der Waals surface area contributed by atoms with Crippen LogP contribution in [0.3, 0.4) is 0 Å². The molecule has 0 spiro atoms. The van der Waals surface area contributed by atoms with Gasteiger partial charge in [-0.1, -0.05) is 0 Å². The maximum atomic E-state index is 12.8. The van der Waals surface area contributed by atoms with Gasteiger partial charge < -0.3 is 29.3 Å². The van der Waals surface area contributed by atoms with Gasteiger partial charge in [-0.15, -0.1) is 0 Å². The highest BCUT2D eigenvalue weighted by molar-refractivity contribution is 6.00. The molecule has 8 nitrogen and oxygen atoms in total. The summed E-state index contributed by atoms with van der Waals surface area (Å²) in [6.07, 6.45) is -0.656. The average Bonchev–Trinajstić information content (AvgIpc) is 2.65. The summed E-state index contributed by atoms with van der Waals surface area (Å²) in [6, 6.07) is 4.49. The summed E-state index contributed by atoms with van der Waals surface area (Å²) in [6.45, 7) is 6.63. The van der Waals surface area contributed by atoms with Gasteiger partial charge in [0.1, 0.15) is 36.4 Å². The van der Waals surface area contributed by atoms with E-state index in [0.29, 0.717) is 23.8 Å². The van der Waals surface area contributed by atoms with E-state index in [1.165, 1.54) is 4.90 Å². The smallest absolute Gasteiger partial charge is 0.408 e. The lowest BCUT2D eigenvalue weighted by atomic mass is 10.2. The van der Waals surface area contributed by atoms with Crippen molar-refractivity contribution in [3.63, 3.8) is 0 Å². The van der Waals surface area contributed by atoms with Gasteiger partial charge >= 0.3 is 6.09 Å². The molecule has 0 bridgehead atoms. The predicted octanol–water partition coefficient (Wildman–Crippen LogP) is 1.88. The third-order valence-electron chi connectivity index (χ3n) is 3.82. The number of anilines is 1. The van der Waals surface area contributed by atoms with E-state index in [2.05, 4.69) is 5.32 Å². The van der Waals surface area contributed by atoms with Crippen molar-refractivity contribution in [1.29, 1.82) is 0 Å². The quantitative estimate of drug-likeness (QED) is 0.841. The maximum absolute atomic E-state index is 12.8. The molecule has 0 aliphatic carbocycles. The normalized spacial score (nSPS) is 17.1. The van der Waals surface area contributed by atoms with Gasteiger partial charge in [0.15, 0.2) is 0 Å². The number of benzene rings is 1. The van der Waals surface area contributed by atoms with Gasteiger partial charge in [0.2, 0.25) is 0 Å². The molecule has 0 saturated heterocycles. The number of hydrogen-bond acceptors (Lipinski definition) is 6. The minimum absolute atomic E-state index is 0.0241. The van der Waals surface area contributed by atoms with E-state index < -0.39 is 17.7 Å². The summed E-state index contributed by atoms with van der Waals surface area (Å²) >= 11 is 0. The van der Waals surface area contributed by atoms with Crippen LogP contribution in [0.4, 0.5) is 10.5 Å². The van der Waals surface area contributed by atoms with Crippen molar-refractivity contribution >= 4 is 17.7 Å². The highest BCUT2D eigenvalue weighted by atomic mass is 16.6. The molecule has 1 heterocycles. The Kier molecular flexibility index (Phi) is 6.54. The Balaban J connectivity index is 2.08. The Labute approximate surface area is 160 Å². The third kappa shape index (κ3) is 6.02. The zero-order chi connectivity index (χ0) is 20.2. The fourth-order valence-electron chi connectivity index (χ4n) is 2.47. The van der Waals surface area contributed by atoms with Crippen molar-refractivity contribution in [2.45, 2.75) is 32.4 Å². The van der Waals surface area contributed by atoms with E-state index in [1.807, 2.05) is 19.0 Å². The number of rotatable bonds is 5. The first-order chi connectivity index (χ1) is 12.6. The zero-order valence-electron chi connectivity index (χ0n) is 16.9. The Morgan fingerprint density at radius 2 is 2.07 bits per heavy atom. The van der Waals surface area contributed by atoms with E-state index >= 15 is 0 Å². The predicted molar refractivity (Wildman–Crippen MR) is 103 cm³/mol. The molecule has 2 amide bonds. The van der Waals surface area contributed by atoms with Crippen LogP contribution in [-0.2, 0) is 9.53 Å². The molecule has 1 N–H and O–H groups in total. The number of nitrogens with zero attached hydrogens (tertiary/aromatic N) is 2. The first-order valence-corrected chi connectivity index (χ1v) is 8.88. The van der Waals surface area contributed by atoms with Crippen molar-refractivity contribution < 1.29 is 23.8 Å². The zero-order valence-corrected chi connectivity index (χ0v) is 16.9. The molecule has 27 heavy (non-hydrogen) atoms. The Morgan fingerprint density at radius 1 is 1.37 bits per heavy atom. The van der Waals surface area contributed by atoms with Gasteiger partial charge in [0.05, 0.1) is 5.69 Å². The topological polar surface area (TPSA) is 80.3 Å². The SMILES string of the molecule is CN(C)CCOc1ccc2c(c1)N(C)C(=O)[C@@H](NC(=O)OC(C)(C)C)CO2. The minimum Gasteiger partial charge on any atom is -0.492 e. The van der Waals surface area contributed by atoms with Gasteiger partial charge in [-0.25, -0.2) is 4.79 Å². The molecule has 0 aromatic heterocycles. The largest absolute Gasteiger partial charge is 0.492 e. The van der Waals surface area contributed by atoms with Crippen LogP contribution in [-0.4, -0.2) is 69.4 Å². The molecular weight excluding hydrogens is 350 g/mol. The van der Waals surface area contributed by atoms with Crippen molar-refractivity contribution in [2.75, 3.05) is 45.8 Å². The number of carbonyl (C=O) groups excluding carboxylic acids is 2. The summed E-state index contributed by atoms with van der Waals surface area (Å²) in [5, 5.41) is 2.58. The Hall–Kier alpha value is -2.48.